The van der Waals surface area contributed by atoms with E-state index in [2.05, 4.69) is 21.4 Å². The fraction of sp³-hybridized carbons (Fsp3) is 0.0909. The second-order valence-electron chi connectivity index (χ2n) is 6.65. The number of hydrogen-bond acceptors (Lipinski definition) is 6. The molecule has 0 saturated heterocycles. The van der Waals surface area contributed by atoms with Crippen LogP contribution in [-0.2, 0) is 6.54 Å². The molecule has 0 amide bonds. The summed E-state index contributed by atoms with van der Waals surface area (Å²) in [6.07, 6.45) is 3.39. The number of rotatable bonds is 6. The Hall–Kier alpha value is -3.13. The van der Waals surface area contributed by atoms with E-state index in [4.69, 9.17) is 16.3 Å². The molecule has 2 N–H and O–H groups in total. The van der Waals surface area contributed by atoms with Crippen molar-refractivity contribution in [3.8, 4) is 11.5 Å². The van der Waals surface area contributed by atoms with Gasteiger partial charge in [0.05, 0.1) is 17.1 Å². The van der Waals surface area contributed by atoms with Gasteiger partial charge in [-0.15, -0.1) is 11.3 Å². The van der Waals surface area contributed by atoms with Crippen LogP contribution in [0.15, 0.2) is 66.4 Å². The maximum Gasteiger partial charge on any atom is 0.158 e. The van der Waals surface area contributed by atoms with Crippen LogP contribution in [0.5, 0.6) is 11.5 Å². The Labute approximate surface area is 181 Å². The molecular weight excluding hydrogens is 420 g/mol. The molecule has 5 aromatic rings. The van der Waals surface area contributed by atoms with E-state index in [1.165, 1.54) is 11.0 Å². The van der Waals surface area contributed by atoms with E-state index in [1.54, 1.807) is 17.4 Å². The number of halogens is 1. The number of aliphatic hydroxyl groups is 1. The lowest BCUT2D eigenvalue weighted by Crippen LogP contribution is -2.04. The molecule has 0 aliphatic carbocycles. The molecule has 0 bridgehead atoms. The Morgan fingerprint density at radius 1 is 1.10 bits per heavy atom. The monoisotopic (exact) mass is 436 g/mol. The van der Waals surface area contributed by atoms with Crippen LogP contribution in [0.4, 0.5) is 11.5 Å². The molecule has 150 valence electrons. The van der Waals surface area contributed by atoms with Crippen LogP contribution in [0.1, 0.15) is 0 Å². The number of benzene rings is 2. The lowest BCUT2D eigenvalue weighted by atomic mass is 10.2. The summed E-state index contributed by atoms with van der Waals surface area (Å²) in [4.78, 5) is 8.65. The van der Waals surface area contributed by atoms with Crippen LogP contribution in [0.25, 0.3) is 21.1 Å². The van der Waals surface area contributed by atoms with Gasteiger partial charge in [0.2, 0.25) is 0 Å². The van der Waals surface area contributed by atoms with Crippen molar-refractivity contribution in [1.29, 1.82) is 0 Å². The number of hydrogen-bond donors (Lipinski definition) is 2. The summed E-state index contributed by atoms with van der Waals surface area (Å²) in [5, 5.41) is 16.2. The minimum absolute atomic E-state index is 0.0346. The summed E-state index contributed by atoms with van der Waals surface area (Å²) in [6, 6.07) is 15.4. The van der Waals surface area contributed by atoms with E-state index in [1.807, 2.05) is 52.5 Å². The van der Waals surface area contributed by atoms with Crippen molar-refractivity contribution in [3.05, 3.63) is 71.5 Å². The van der Waals surface area contributed by atoms with E-state index >= 15 is 0 Å². The van der Waals surface area contributed by atoms with Crippen molar-refractivity contribution in [1.82, 2.24) is 14.5 Å². The van der Waals surface area contributed by atoms with Crippen LogP contribution in [0, 0.1) is 0 Å². The summed E-state index contributed by atoms with van der Waals surface area (Å²) in [6.45, 7) is 0.500. The maximum atomic E-state index is 9.31. The van der Waals surface area contributed by atoms with Crippen LogP contribution in [-0.4, -0.2) is 26.2 Å². The first kappa shape index (κ1) is 18.9. The van der Waals surface area contributed by atoms with Gasteiger partial charge in [-0.1, -0.05) is 17.7 Å². The molecule has 0 saturated carbocycles. The number of ether oxygens (including phenoxy) is 1. The minimum Gasteiger partial charge on any atom is -0.455 e. The van der Waals surface area contributed by atoms with Gasteiger partial charge < -0.3 is 19.7 Å². The molecule has 0 unspecified atom stereocenters. The zero-order chi connectivity index (χ0) is 20.5. The normalized spacial score (nSPS) is 11.3. The van der Waals surface area contributed by atoms with Crippen LogP contribution in [0.3, 0.4) is 0 Å². The number of thiophene rings is 1. The number of anilines is 2. The Morgan fingerprint density at radius 3 is 2.90 bits per heavy atom. The highest BCUT2D eigenvalue weighted by Crippen LogP contribution is 2.37. The highest BCUT2D eigenvalue weighted by Gasteiger charge is 2.12. The molecule has 0 aliphatic rings. The number of fused-ring (bicyclic) bond motifs is 2. The smallest absolute Gasteiger partial charge is 0.158 e. The van der Waals surface area contributed by atoms with Gasteiger partial charge in [-0.25, -0.2) is 9.97 Å². The van der Waals surface area contributed by atoms with E-state index in [-0.39, 0.29) is 6.61 Å². The summed E-state index contributed by atoms with van der Waals surface area (Å²) in [7, 11) is 0. The second-order valence-corrected chi connectivity index (χ2v) is 8.00. The first-order valence-corrected chi connectivity index (χ1v) is 10.6. The zero-order valence-corrected chi connectivity index (χ0v) is 17.3. The molecule has 0 fully saturated rings. The third-order valence-electron chi connectivity index (χ3n) is 4.76. The van der Waals surface area contributed by atoms with Gasteiger partial charge in [-0.2, -0.15) is 0 Å². The van der Waals surface area contributed by atoms with Gasteiger partial charge in [0.1, 0.15) is 23.3 Å². The summed E-state index contributed by atoms with van der Waals surface area (Å²) in [5.74, 6) is 2.00. The fourth-order valence-electron chi connectivity index (χ4n) is 3.39. The molecule has 0 aliphatic heterocycles. The van der Waals surface area contributed by atoms with E-state index in [0.29, 0.717) is 23.1 Å². The van der Waals surface area contributed by atoms with Crippen molar-refractivity contribution < 1.29 is 9.84 Å². The van der Waals surface area contributed by atoms with E-state index < -0.39 is 0 Å². The molecule has 0 spiro atoms. The standard InChI is InChI=1S/C22H17ClN4O2S/c23-16-12-14(26-22-21-17(24-13-25-22)6-8-27(21)9-10-28)4-5-19(16)29-18-2-1-3-20-15(18)7-11-30-20/h1-8,11-13,28H,9-10H2,(H,24,25,26). The molecule has 0 radical (unpaired) electrons. The predicted octanol–water partition coefficient (Wildman–Crippen LogP) is 5.83. The largest absolute Gasteiger partial charge is 0.455 e. The van der Waals surface area contributed by atoms with Crippen LogP contribution in [0.2, 0.25) is 5.02 Å². The SMILES string of the molecule is OCCn1ccc2ncnc(Nc3ccc(Oc4cccc5sccc45)c(Cl)c3)c21. The maximum absolute atomic E-state index is 9.31. The van der Waals surface area contributed by atoms with Crippen LogP contribution >= 0.6 is 22.9 Å². The zero-order valence-electron chi connectivity index (χ0n) is 15.7. The highest BCUT2D eigenvalue weighted by atomic mass is 35.5. The predicted molar refractivity (Wildman–Crippen MR) is 121 cm³/mol. The van der Waals surface area contributed by atoms with Gasteiger partial charge in [0.15, 0.2) is 5.82 Å². The molecule has 3 aromatic heterocycles. The first-order valence-electron chi connectivity index (χ1n) is 9.34. The third-order valence-corrected chi connectivity index (χ3v) is 5.94. The molecule has 0 atom stereocenters. The van der Waals surface area contributed by atoms with Crippen LogP contribution < -0.4 is 10.1 Å². The average molecular weight is 437 g/mol. The van der Waals surface area contributed by atoms with Crippen molar-refractivity contribution >= 4 is 55.6 Å². The lowest BCUT2D eigenvalue weighted by Gasteiger charge is -2.12. The Bertz CT molecular complexity index is 1350. The quantitative estimate of drug-likeness (QED) is 0.350. The van der Waals surface area contributed by atoms with Gasteiger partial charge in [-0.3, -0.25) is 0 Å². The van der Waals surface area contributed by atoms with Crippen molar-refractivity contribution in [2.75, 3.05) is 11.9 Å². The molecule has 3 heterocycles. The Morgan fingerprint density at radius 2 is 2.03 bits per heavy atom. The summed E-state index contributed by atoms with van der Waals surface area (Å²) >= 11 is 8.19. The highest BCUT2D eigenvalue weighted by molar-refractivity contribution is 7.17. The Kier molecular flexibility index (Phi) is 5.00. The molecule has 2 aromatic carbocycles. The van der Waals surface area contributed by atoms with Gasteiger partial charge in [0, 0.05) is 28.5 Å². The summed E-state index contributed by atoms with van der Waals surface area (Å²) < 4.78 is 9.17. The number of aliphatic hydroxyl groups excluding tert-OH is 1. The number of nitrogens with zero attached hydrogens (tertiary/aromatic N) is 3. The number of aromatic nitrogens is 3. The van der Waals surface area contributed by atoms with E-state index in [0.717, 1.165) is 27.9 Å². The molecule has 5 rings (SSSR count). The minimum atomic E-state index is 0.0346. The number of nitrogens with one attached hydrogen (secondary N) is 1. The first-order chi connectivity index (χ1) is 14.7. The van der Waals surface area contributed by atoms with Gasteiger partial charge in [0.25, 0.3) is 0 Å². The van der Waals surface area contributed by atoms with Crippen molar-refractivity contribution in [2.24, 2.45) is 0 Å². The van der Waals surface area contributed by atoms with Crippen molar-refractivity contribution in [3.63, 3.8) is 0 Å². The fourth-order valence-corrected chi connectivity index (χ4v) is 4.41. The second kappa shape index (κ2) is 7.95. The molecule has 30 heavy (non-hydrogen) atoms. The molecular formula is C22H17ClN4O2S. The molecule has 6 nitrogen and oxygen atoms in total. The Balaban J connectivity index is 1.44. The lowest BCUT2D eigenvalue weighted by molar-refractivity contribution is 0.278. The molecule has 8 heteroatoms. The third kappa shape index (κ3) is 3.47. The topological polar surface area (TPSA) is 72.2 Å². The van der Waals surface area contributed by atoms with E-state index in [9.17, 15) is 5.11 Å². The summed E-state index contributed by atoms with van der Waals surface area (Å²) in [5.41, 5.74) is 2.40. The van der Waals surface area contributed by atoms with Crippen molar-refractivity contribution in [2.45, 2.75) is 6.54 Å². The average Bonchev–Trinajstić information content (AvgIpc) is 3.39. The van der Waals surface area contributed by atoms with Gasteiger partial charge in [-0.05, 0) is 47.8 Å². The van der Waals surface area contributed by atoms with Gasteiger partial charge >= 0.3 is 0 Å².